The highest BCUT2D eigenvalue weighted by molar-refractivity contribution is 5.75. The maximum atomic E-state index is 12.6. The number of piperidine rings is 1. The number of H-pyrrole nitrogens is 1. The van der Waals surface area contributed by atoms with Gasteiger partial charge in [-0.3, -0.25) is 4.57 Å². The minimum atomic E-state index is -0.0480. The van der Waals surface area contributed by atoms with Gasteiger partial charge in [-0.2, -0.15) is 0 Å². The summed E-state index contributed by atoms with van der Waals surface area (Å²) in [5.74, 6) is 0.918. The van der Waals surface area contributed by atoms with Crippen molar-refractivity contribution in [3.8, 4) is 0 Å². The summed E-state index contributed by atoms with van der Waals surface area (Å²) in [6.45, 7) is 3.21. The molecule has 2 N–H and O–H groups in total. The number of likely N-dealkylation sites (tertiary alicyclic amines) is 1. The SMILES string of the molecule is O=c1[nH]c2ccccc2n1[C@@H]1CCN(CC2CCCCCCC2)C[C@H]1CO. The summed E-state index contributed by atoms with van der Waals surface area (Å²) in [5, 5.41) is 10.1. The Morgan fingerprint density at radius 1 is 1.04 bits per heavy atom. The molecule has 1 aliphatic carbocycles. The molecule has 27 heavy (non-hydrogen) atoms. The number of nitrogens with one attached hydrogen (secondary N) is 1. The van der Waals surface area contributed by atoms with Gasteiger partial charge in [0.15, 0.2) is 0 Å². The van der Waals surface area contributed by atoms with Crippen molar-refractivity contribution in [2.75, 3.05) is 26.2 Å². The second-order valence-electron chi connectivity index (χ2n) is 8.59. The van der Waals surface area contributed by atoms with Gasteiger partial charge in [-0.15, -0.1) is 0 Å². The van der Waals surface area contributed by atoms with Gasteiger partial charge in [0, 0.05) is 38.2 Å². The van der Waals surface area contributed by atoms with E-state index in [1.54, 1.807) is 0 Å². The number of para-hydroxylation sites is 2. The average Bonchev–Trinajstić information content (AvgIpc) is 2.99. The van der Waals surface area contributed by atoms with E-state index >= 15 is 0 Å². The summed E-state index contributed by atoms with van der Waals surface area (Å²) in [5.41, 5.74) is 1.80. The van der Waals surface area contributed by atoms with Gasteiger partial charge in [-0.1, -0.05) is 44.2 Å². The van der Waals surface area contributed by atoms with E-state index in [1.165, 1.54) is 44.9 Å². The van der Waals surface area contributed by atoms with Crippen LogP contribution < -0.4 is 5.69 Å². The first-order valence-corrected chi connectivity index (χ1v) is 10.8. The number of rotatable bonds is 4. The third-order valence-corrected chi connectivity index (χ3v) is 6.71. The largest absolute Gasteiger partial charge is 0.396 e. The Kier molecular flexibility index (Phi) is 5.98. The number of hydrogen-bond donors (Lipinski definition) is 2. The Bertz CT molecular complexity index is 788. The van der Waals surface area contributed by atoms with Gasteiger partial charge in [0.05, 0.1) is 11.0 Å². The summed E-state index contributed by atoms with van der Waals surface area (Å²) in [7, 11) is 0. The minimum absolute atomic E-state index is 0.0480. The molecule has 0 amide bonds. The molecular formula is C22H33N3O2. The molecule has 1 saturated carbocycles. The second-order valence-corrected chi connectivity index (χ2v) is 8.59. The molecule has 1 aromatic heterocycles. The number of benzene rings is 1. The lowest BCUT2D eigenvalue weighted by Crippen LogP contribution is -2.46. The number of aliphatic hydroxyl groups is 1. The summed E-state index contributed by atoms with van der Waals surface area (Å²) < 4.78 is 1.89. The van der Waals surface area contributed by atoms with Crippen molar-refractivity contribution in [2.45, 2.75) is 57.4 Å². The van der Waals surface area contributed by atoms with Crippen LogP contribution in [0.3, 0.4) is 0 Å². The molecule has 0 radical (unpaired) electrons. The first kappa shape index (κ1) is 18.8. The lowest BCUT2D eigenvalue weighted by molar-refractivity contribution is 0.0650. The molecule has 5 heteroatoms. The molecule has 0 spiro atoms. The molecule has 0 unspecified atom stereocenters. The molecule has 1 aromatic carbocycles. The molecule has 1 saturated heterocycles. The number of hydrogen-bond acceptors (Lipinski definition) is 3. The Balaban J connectivity index is 1.46. The Hall–Kier alpha value is -1.59. The van der Waals surface area contributed by atoms with E-state index in [1.807, 2.05) is 28.8 Å². The summed E-state index contributed by atoms with van der Waals surface area (Å²) in [6, 6.07) is 7.95. The minimum Gasteiger partial charge on any atom is -0.396 e. The molecule has 2 aliphatic rings. The number of aromatic amines is 1. The number of imidazole rings is 1. The molecule has 5 nitrogen and oxygen atoms in total. The van der Waals surface area contributed by atoms with Crippen molar-refractivity contribution in [1.82, 2.24) is 14.5 Å². The predicted molar refractivity (Wildman–Crippen MR) is 109 cm³/mol. The van der Waals surface area contributed by atoms with Gasteiger partial charge in [0.1, 0.15) is 0 Å². The number of nitrogens with zero attached hydrogens (tertiary/aromatic N) is 2. The van der Waals surface area contributed by atoms with Crippen LogP contribution in [0.4, 0.5) is 0 Å². The van der Waals surface area contributed by atoms with E-state index in [4.69, 9.17) is 0 Å². The van der Waals surface area contributed by atoms with Crippen LogP contribution in [-0.4, -0.2) is 45.8 Å². The molecule has 2 fully saturated rings. The fourth-order valence-corrected chi connectivity index (χ4v) is 5.27. The summed E-state index contributed by atoms with van der Waals surface area (Å²) >= 11 is 0. The topological polar surface area (TPSA) is 61.3 Å². The van der Waals surface area contributed by atoms with Crippen LogP contribution in [0, 0.1) is 11.8 Å². The molecular weight excluding hydrogens is 338 g/mol. The standard InChI is InChI=1S/C22H33N3O2/c26-16-18-15-24(14-17-8-4-2-1-3-5-9-17)13-12-20(18)25-21-11-7-6-10-19(21)23-22(25)27/h6-7,10-11,17-18,20,26H,1-5,8-9,12-16H2,(H,23,27)/t18-,20+/m0/s1. The molecule has 0 bridgehead atoms. The maximum Gasteiger partial charge on any atom is 0.326 e. The highest BCUT2D eigenvalue weighted by Gasteiger charge is 2.32. The highest BCUT2D eigenvalue weighted by Crippen LogP contribution is 2.31. The average molecular weight is 372 g/mol. The first-order valence-electron chi connectivity index (χ1n) is 10.8. The normalized spacial score (nSPS) is 26.1. The van der Waals surface area contributed by atoms with Gasteiger partial charge in [0.2, 0.25) is 0 Å². The highest BCUT2D eigenvalue weighted by atomic mass is 16.3. The van der Waals surface area contributed by atoms with Gasteiger partial charge < -0.3 is 15.0 Å². The predicted octanol–water partition coefficient (Wildman–Crippen LogP) is 3.55. The Morgan fingerprint density at radius 2 is 1.78 bits per heavy atom. The van der Waals surface area contributed by atoms with Crippen LogP contribution in [0.15, 0.2) is 29.1 Å². The lowest BCUT2D eigenvalue weighted by atomic mass is 9.88. The van der Waals surface area contributed by atoms with Gasteiger partial charge in [0.25, 0.3) is 0 Å². The van der Waals surface area contributed by atoms with Crippen LogP contribution in [0.5, 0.6) is 0 Å². The summed E-state index contributed by atoms with van der Waals surface area (Å²) in [4.78, 5) is 18.1. The zero-order valence-corrected chi connectivity index (χ0v) is 16.3. The third kappa shape index (κ3) is 4.14. The van der Waals surface area contributed by atoms with Crippen molar-refractivity contribution >= 4 is 11.0 Å². The Labute approximate surface area is 161 Å². The van der Waals surface area contributed by atoms with Crippen LogP contribution >= 0.6 is 0 Å². The molecule has 2 atom stereocenters. The number of aliphatic hydroxyl groups excluding tert-OH is 1. The van der Waals surface area contributed by atoms with E-state index in [-0.39, 0.29) is 24.3 Å². The molecule has 4 rings (SSSR count). The number of aromatic nitrogens is 2. The Morgan fingerprint density at radius 3 is 2.56 bits per heavy atom. The van der Waals surface area contributed by atoms with Crippen LogP contribution in [0.25, 0.3) is 11.0 Å². The number of fused-ring (bicyclic) bond motifs is 1. The van der Waals surface area contributed by atoms with Crippen LogP contribution in [0.2, 0.25) is 0 Å². The third-order valence-electron chi connectivity index (χ3n) is 6.71. The quantitative estimate of drug-likeness (QED) is 0.864. The van der Waals surface area contributed by atoms with Crippen molar-refractivity contribution in [3.05, 3.63) is 34.7 Å². The lowest BCUT2D eigenvalue weighted by Gasteiger charge is -2.40. The fourth-order valence-electron chi connectivity index (χ4n) is 5.27. The molecule has 148 valence electrons. The monoisotopic (exact) mass is 371 g/mol. The van der Waals surface area contributed by atoms with Gasteiger partial charge in [-0.25, -0.2) is 4.79 Å². The van der Waals surface area contributed by atoms with E-state index in [9.17, 15) is 9.90 Å². The van der Waals surface area contributed by atoms with Crippen molar-refractivity contribution < 1.29 is 5.11 Å². The zero-order chi connectivity index (χ0) is 18.6. The van der Waals surface area contributed by atoms with Crippen molar-refractivity contribution in [1.29, 1.82) is 0 Å². The summed E-state index contributed by atoms with van der Waals surface area (Å²) in [6.07, 6.45) is 10.6. The van der Waals surface area contributed by atoms with E-state index in [2.05, 4.69) is 9.88 Å². The first-order chi connectivity index (χ1) is 13.3. The second kappa shape index (κ2) is 8.61. The van der Waals surface area contributed by atoms with Crippen LogP contribution in [0.1, 0.15) is 57.4 Å². The van der Waals surface area contributed by atoms with Crippen molar-refractivity contribution in [3.63, 3.8) is 0 Å². The van der Waals surface area contributed by atoms with Crippen molar-refractivity contribution in [2.24, 2.45) is 11.8 Å². The van der Waals surface area contributed by atoms with E-state index in [0.717, 1.165) is 43.0 Å². The molecule has 2 heterocycles. The van der Waals surface area contributed by atoms with E-state index < -0.39 is 0 Å². The van der Waals surface area contributed by atoms with Gasteiger partial charge >= 0.3 is 5.69 Å². The van der Waals surface area contributed by atoms with Gasteiger partial charge in [-0.05, 0) is 37.3 Å². The van der Waals surface area contributed by atoms with Crippen LogP contribution in [-0.2, 0) is 0 Å². The van der Waals surface area contributed by atoms with E-state index in [0.29, 0.717) is 0 Å². The zero-order valence-electron chi connectivity index (χ0n) is 16.3. The smallest absolute Gasteiger partial charge is 0.326 e. The molecule has 1 aliphatic heterocycles. The fraction of sp³-hybridized carbons (Fsp3) is 0.682. The molecule has 2 aromatic rings. The maximum absolute atomic E-state index is 12.6.